The number of alkyl halides is 9. The van der Waals surface area contributed by atoms with Gasteiger partial charge in [0.1, 0.15) is 0 Å². The zero-order valence-electron chi connectivity index (χ0n) is 12.8. The van der Waals surface area contributed by atoms with Crippen molar-refractivity contribution in [1.29, 1.82) is 0 Å². The van der Waals surface area contributed by atoms with E-state index in [1.54, 1.807) is 0 Å². The van der Waals surface area contributed by atoms with Gasteiger partial charge in [0, 0.05) is 19.1 Å². The summed E-state index contributed by atoms with van der Waals surface area (Å²) in [6, 6.07) is -1.47. The summed E-state index contributed by atoms with van der Waals surface area (Å²) >= 11 is 0. The number of nitrogens with one attached hydrogen (secondary N) is 2. The van der Waals surface area contributed by atoms with E-state index in [1.165, 1.54) is 0 Å². The Kier molecular flexibility index (Phi) is 5.93. The highest BCUT2D eigenvalue weighted by Crippen LogP contribution is 2.54. The third-order valence-corrected chi connectivity index (χ3v) is 5.07. The van der Waals surface area contributed by atoms with E-state index in [4.69, 9.17) is 10.5 Å². The number of hydrogen-bond acceptors (Lipinski definition) is 5. The van der Waals surface area contributed by atoms with Crippen LogP contribution < -0.4 is 15.8 Å². The first-order valence-electron chi connectivity index (χ1n) is 6.70. The molecular formula is C10H14F9N3O3S. The SMILES string of the molecule is CC(N)C1(NS(=O)(=O)C(F)(F)C(F)(F)C(F)(F)C(F)(F)F)CNCCO1. The average Bonchev–Trinajstić information content (AvgIpc) is 2.45. The van der Waals surface area contributed by atoms with Gasteiger partial charge in [-0.15, -0.1) is 0 Å². The number of sulfonamides is 1. The van der Waals surface area contributed by atoms with Crippen LogP contribution in [0.2, 0.25) is 0 Å². The second-order valence-corrected chi connectivity index (χ2v) is 7.20. The Morgan fingerprint density at radius 2 is 1.58 bits per heavy atom. The number of morpholine rings is 1. The molecule has 0 bridgehead atoms. The predicted molar refractivity (Wildman–Crippen MR) is 68.2 cm³/mol. The van der Waals surface area contributed by atoms with Crippen LogP contribution in [0.4, 0.5) is 39.5 Å². The van der Waals surface area contributed by atoms with Gasteiger partial charge in [-0.2, -0.15) is 44.2 Å². The maximum atomic E-state index is 13.7. The largest absolute Gasteiger partial charge is 0.460 e. The van der Waals surface area contributed by atoms with Crippen LogP contribution in [0.3, 0.4) is 0 Å². The molecule has 26 heavy (non-hydrogen) atoms. The number of ether oxygens (including phenoxy) is 1. The van der Waals surface area contributed by atoms with Crippen molar-refractivity contribution in [3.8, 4) is 0 Å². The molecule has 156 valence electrons. The molecule has 1 aliphatic rings. The van der Waals surface area contributed by atoms with Gasteiger partial charge in [-0.05, 0) is 6.92 Å². The van der Waals surface area contributed by atoms with Crippen molar-refractivity contribution in [2.75, 3.05) is 19.7 Å². The Bertz CT molecular complexity index is 615. The minimum Gasteiger partial charge on any atom is -0.355 e. The van der Waals surface area contributed by atoms with Crippen LogP contribution in [0.1, 0.15) is 6.92 Å². The van der Waals surface area contributed by atoms with Gasteiger partial charge in [-0.1, -0.05) is 0 Å². The minimum absolute atomic E-state index is 0.0783. The summed E-state index contributed by atoms with van der Waals surface area (Å²) in [5, 5.41) is -4.43. The van der Waals surface area contributed by atoms with Crippen LogP contribution in [0.5, 0.6) is 0 Å². The number of rotatable bonds is 6. The number of halogens is 9. The molecular weight excluding hydrogens is 413 g/mol. The Hall–Kier alpha value is -0.840. The second kappa shape index (κ2) is 6.65. The van der Waals surface area contributed by atoms with Crippen LogP contribution >= 0.6 is 0 Å². The molecule has 1 aliphatic heterocycles. The van der Waals surface area contributed by atoms with Gasteiger partial charge in [0.15, 0.2) is 5.72 Å². The summed E-state index contributed by atoms with van der Waals surface area (Å²) in [4.78, 5) is 0. The second-order valence-electron chi connectivity index (χ2n) is 5.47. The lowest BCUT2D eigenvalue weighted by Crippen LogP contribution is -2.72. The maximum Gasteiger partial charge on any atom is 0.460 e. The fourth-order valence-electron chi connectivity index (χ4n) is 1.90. The molecule has 0 radical (unpaired) electrons. The highest BCUT2D eigenvalue weighted by atomic mass is 32.2. The molecule has 4 N–H and O–H groups in total. The molecule has 0 aromatic carbocycles. The van der Waals surface area contributed by atoms with Crippen molar-refractivity contribution in [2.24, 2.45) is 5.73 Å². The van der Waals surface area contributed by atoms with Crippen molar-refractivity contribution in [3.63, 3.8) is 0 Å². The zero-order chi connectivity index (χ0) is 20.8. The summed E-state index contributed by atoms with van der Waals surface area (Å²) in [5.41, 5.74) is 2.90. The van der Waals surface area contributed by atoms with Crippen molar-refractivity contribution >= 4 is 10.0 Å². The number of nitrogens with two attached hydrogens (primary N) is 1. The normalized spacial score (nSPS) is 25.2. The molecule has 1 heterocycles. The van der Waals surface area contributed by atoms with Crippen LogP contribution in [-0.4, -0.2) is 63.2 Å². The van der Waals surface area contributed by atoms with E-state index in [1.807, 2.05) is 0 Å². The van der Waals surface area contributed by atoms with E-state index in [9.17, 15) is 47.9 Å². The number of hydrogen-bond donors (Lipinski definition) is 3. The van der Waals surface area contributed by atoms with E-state index in [0.717, 1.165) is 11.6 Å². The molecule has 0 saturated carbocycles. The molecule has 16 heteroatoms. The monoisotopic (exact) mass is 427 g/mol. The Morgan fingerprint density at radius 1 is 1.08 bits per heavy atom. The summed E-state index contributed by atoms with van der Waals surface area (Å²) in [6.45, 7) is 0.108. The first-order chi connectivity index (χ1) is 11.4. The van der Waals surface area contributed by atoms with Crippen molar-refractivity contribution in [2.45, 2.75) is 42.0 Å². The van der Waals surface area contributed by atoms with Crippen molar-refractivity contribution in [3.05, 3.63) is 0 Å². The quantitative estimate of drug-likeness (QED) is 0.550. The minimum atomic E-state index is -7.34. The lowest BCUT2D eigenvalue weighted by molar-refractivity contribution is -0.382. The lowest BCUT2D eigenvalue weighted by atomic mass is 10.1. The fraction of sp³-hybridized carbons (Fsp3) is 1.00. The maximum absolute atomic E-state index is 13.7. The Morgan fingerprint density at radius 3 is 1.92 bits per heavy atom. The van der Waals surface area contributed by atoms with E-state index in [-0.39, 0.29) is 13.2 Å². The van der Waals surface area contributed by atoms with E-state index < -0.39 is 51.6 Å². The first kappa shape index (κ1) is 23.2. The van der Waals surface area contributed by atoms with Crippen molar-refractivity contribution < 1.29 is 52.7 Å². The average molecular weight is 427 g/mol. The molecule has 2 unspecified atom stereocenters. The third-order valence-electron chi connectivity index (χ3n) is 3.52. The molecule has 1 saturated heterocycles. The summed E-state index contributed by atoms with van der Waals surface area (Å²) in [5.74, 6) is -14.7. The molecule has 0 aromatic rings. The van der Waals surface area contributed by atoms with E-state index in [2.05, 4.69) is 5.32 Å². The van der Waals surface area contributed by atoms with Crippen LogP contribution in [-0.2, 0) is 14.8 Å². The van der Waals surface area contributed by atoms with Gasteiger partial charge in [-0.3, -0.25) is 0 Å². The molecule has 1 fully saturated rings. The van der Waals surface area contributed by atoms with Gasteiger partial charge >= 0.3 is 23.3 Å². The highest BCUT2D eigenvalue weighted by Gasteiger charge is 2.85. The fourth-order valence-corrected chi connectivity index (χ4v) is 3.27. The zero-order valence-corrected chi connectivity index (χ0v) is 13.6. The summed E-state index contributed by atoms with van der Waals surface area (Å²) in [7, 11) is -6.82. The molecule has 6 nitrogen and oxygen atoms in total. The smallest absolute Gasteiger partial charge is 0.355 e. The van der Waals surface area contributed by atoms with E-state index >= 15 is 0 Å². The molecule has 0 aliphatic carbocycles. The molecule has 2 atom stereocenters. The molecule has 0 spiro atoms. The van der Waals surface area contributed by atoms with Gasteiger partial charge in [0.2, 0.25) is 0 Å². The van der Waals surface area contributed by atoms with Crippen LogP contribution in [0.15, 0.2) is 0 Å². The third kappa shape index (κ3) is 3.48. The van der Waals surface area contributed by atoms with Gasteiger partial charge < -0.3 is 15.8 Å². The van der Waals surface area contributed by atoms with Gasteiger partial charge in [-0.25, -0.2) is 8.42 Å². The summed E-state index contributed by atoms with van der Waals surface area (Å²) in [6.07, 6.45) is -7.14. The summed E-state index contributed by atoms with van der Waals surface area (Å²) < 4.78 is 145. The van der Waals surface area contributed by atoms with Gasteiger partial charge in [0.25, 0.3) is 10.0 Å². The van der Waals surface area contributed by atoms with Crippen LogP contribution in [0.25, 0.3) is 0 Å². The first-order valence-corrected chi connectivity index (χ1v) is 8.18. The lowest BCUT2D eigenvalue weighted by Gasteiger charge is -2.42. The molecule has 0 amide bonds. The van der Waals surface area contributed by atoms with Crippen molar-refractivity contribution in [1.82, 2.24) is 10.0 Å². The highest BCUT2D eigenvalue weighted by molar-refractivity contribution is 7.90. The standard InChI is InChI=1S/C10H14F9N3O3S/c1-5(20)6(4-21-2-3-25-6)22-26(23,24)10(18,19)8(13,14)7(11,12)9(15,16)17/h5,21-22H,2-4,20H2,1H3. The van der Waals surface area contributed by atoms with E-state index in [0.29, 0.717) is 0 Å². The molecule has 0 aromatic heterocycles. The topological polar surface area (TPSA) is 93.5 Å². The predicted octanol–water partition coefficient (Wildman–Crippen LogP) is 0.995. The Labute approximate surface area is 141 Å². The Balaban J connectivity index is 3.36. The van der Waals surface area contributed by atoms with Crippen LogP contribution in [0, 0.1) is 0 Å². The molecule has 1 rings (SSSR count). The van der Waals surface area contributed by atoms with Gasteiger partial charge in [0.05, 0.1) is 6.61 Å².